The Bertz CT molecular complexity index is 715. The first-order valence-corrected chi connectivity index (χ1v) is 8.96. The van der Waals surface area contributed by atoms with Crippen molar-refractivity contribution >= 4 is 41.5 Å². The van der Waals surface area contributed by atoms with Crippen LogP contribution in [0.25, 0.3) is 0 Å². The predicted octanol–water partition coefficient (Wildman–Crippen LogP) is 3.81. The van der Waals surface area contributed by atoms with Crippen molar-refractivity contribution in [1.29, 1.82) is 0 Å². The number of aliphatic imine (C=N–C) groups is 1. The molecule has 2 rings (SSSR count). The second kappa shape index (κ2) is 12.3. The van der Waals surface area contributed by atoms with E-state index >= 15 is 0 Å². The summed E-state index contributed by atoms with van der Waals surface area (Å²) in [6.07, 6.45) is 0.950. The van der Waals surface area contributed by atoms with E-state index in [9.17, 15) is 4.79 Å². The van der Waals surface area contributed by atoms with Gasteiger partial charge in [0.15, 0.2) is 5.96 Å². The van der Waals surface area contributed by atoms with Gasteiger partial charge in [0.05, 0.1) is 0 Å². The van der Waals surface area contributed by atoms with Crippen LogP contribution in [0.15, 0.2) is 59.6 Å². The topological polar surface area (TPSA) is 65.5 Å². The van der Waals surface area contributed by atoms with E-state index in [1.54, 1.807) is 7.05 Å². The number of halogens is 1. The monoisotopic (exact) mass is 480 g/mol. The van der Waals surface area contributed by atoms with Gasteiger partial charge in [-0.1, -0.05) is 56.3 Å². The van der Waals surface area contributed by atoms with E-state index in [1.807, 2.05) is 44.2 Å². The Kier molecular flexibility index (Phi) is 10.5. The quantitative estimate of drug-likeness (QED) is 0.321. The Balaban J connectivity index is 0.00000364. The van der Waals surface area contributed by atoms with Gasteiger partial charge in [-0.15, -0.1) is 24.0 Å². The maximum absolute atomic E-state index is 11.7. The lowest BCUT2D eigenvalue weighted by Gasteiger charge is -2.13. The van der Waals surface area contributed by atoms with Crippen LogP contribution in [-0.4, -0.2) is 25.5 Å². The fourth-order valence-corrected chi connectivity index (χ4v) is 2.37. The summed E-state index contributed by atoms with van der Waals surface area (Å²) in [5, 5.41) is 9.51. The normalized spacial score (nSPS) is 10.9. The highest BCUT2D eigenvalue weighted by atomic mass is 127. The van der Waals surface area contributed by atoms with Crippen molar-refractivity contribution in [3.8, 4) is 0 Å². The van der Waals surface area contributed by atoms with Crippen LogP contribution >= 0.6 is 24.0 Å². The van der Waals surface area contributed by atoms with E-state index in [1.165, 1.54) is 5.56 Å². The number of amides is 1. The summed E-state index contributed by atoms with van der Waals surface area (Å²) >= 11 is 0. The number of hydrogen-bond acceptors (Lipinski definition) is 2. The first kappa shape index (κ1) is 23.0. The fraction of sp³-hybridized carbons (Fsp3) is 0.333. The molecule has 1 amide bonds. The number of guanidine groups is 1. The molecule has 0 radical (unpaired) electrons. The maximum atomic E-state index is 11.7. The third-order valence-corrected chi connectivity index (χ3v) is 3.98. The van der Waals surface area contributed by atoms with E-state index in [2.05, 4.69) is 45.2 Å². The first-order chi connectivity index (χ1) is 12.6. The molecule has 0 aliphatic rings. The smallest absolute Gasteiger partial charge is 0.226 e. The molecular formula is C21H29IN4O. The largest absolute Gasteiger partial charge is 0.356 e. The van der Waals surface area contributed by atoms with Gasteiger partial charge >= 0.3 is 0 Å². The predicted molar refractivity (Wildman–Crippen MR) is 124 cm³/mol. The zero-order chi connectivity index (χ0) is 18.8. The van der Waals surface area contributed by atoms with Gasteiger partial charge in [-0.25, -0.2) is 0 Å². The standard InChI is InChI=1S/C21H28N4O.HI/c1-16(2)20(26)25-19-11-9-18(10-12-19)15-24-21(22-3)23-14-13-17-7-5-4-6-8-17;/h4-12,16H,13-15H2,1-3H3,(H,25,26)(H2,22,23,24);1H. The lowest BCUT2D eigenvalue weighted by Crippen LogP contribution is -2.37. The van der Waals surface area contributed by atoms with E-state index in [0.29, 0.717) is 6.54 Å². The molecule has 0 fully saturated rings. The van der Waals surface area contributed by atoms with Gasteiger partial charge in [0, 0.05) is 31.7 Å². The number of hydrogen-bond donors (Lipinski definition) is 3. The summed E-state index contributed by atoms with van der Waals surface area (Å²) in [5.41, 5.74) is 3.24. The molecule has 0 atom stereocenters. The van der Waals surface area contributed by atoms with Crippen molar-refractivity contribution in [2.45, 2.75) is 26.8 Å². The van der Waals surface area contributed by atoms with Crippen molar-refractivity contribution in [3.05, 3.63) is 65.7 Å². The minimum absolute atomic E-state index is 0. The van der Waals surface area contributed by atoms with Gasteiger partial charge in [-0.2, -0.15) is 0 Å². The molecule has 0 heterocycles. The first-order valence-electron chi connectivity index (χ1n) is 8.96. The lowest BCUT2D eigenvalue weighted by molar-refractivity contribution is -0.118. The van der Waals surface area contributed by atoms with Crippen LogP contribution in [0, 0.1) is 5.92 Å². The summed E-state index contributed by atoms with van der Waals surface area (Å²) in [7, 11) is 1.77. The van der Waals surface area contributed by atoms with Crippen LogP contribution < -0.4 is 16.0 Å². The minimum atomic E-state index is -0.0263. The Labute approximate surface area is 179 Å². The van der Waals surface area contributed by atoms with Gasteiger partial charge in [0.2, 0.25) is 5.91 Å². The molecule has 0 aliphatic heterocycles. The van der Waals surface area contributed by atoms with Crippen molar-refractivity contribution in [2.24, 2.45) is 10.9 Å². The number of carbonyl (C=O) groups is 1. The molecule has 0 spiro atoms. The number of benzene rings is 2. The molecule has 146 valence electrons. The molecule has 0 bridgehead atoms. The fourth-order valence-electron chi connectivity index (χ4n) is 2.37. The Morgan fingerprint density at radius 3 is 2.22 bits per heavy atom. The van der Waals surface area contributed by atoms with Gasteiger partial charge in [-0.3, -0.25) is 9.79 Å². The molecule has 0 aromatic heterocycles. The van der Waals surface area contributed by atoms with E-state index in [0.717, 1.165) is 30.2 Å². The summed E-state index contributed by atoms with van der Waals surface area (Å²) in [6, 6.07) is 18.2. The lowest BCUT2D eigenvalue weighted by atomic mass is 10.1. The Morgan fingerprint density at radius 1 is 0.963 bits per heavy atom. The summed E-state index contributed by atoms with van der Waals surface area (Å²) < 4.78 is 0. The zero-order valence-electron chi connectivity index (χ0n) is 16.2. The van der Waals surface area contributed by atoms with Crippen LogP contribution in [0.2, 0.25) is 0 Å². The van der Waals surface area contributed by atoms with Crippen LogP contribution in [0.1, 0.15) is 25.0 Å². The van der Waals surface area contributed by atoms with Crippen LogP contribution in [0.3, 0.4) is 0 Å². The molecule has 0 saturated carbocycles. The number of anilines is 1. The highest BCUT2D eigenvalue weighted by molar-refractivity contribution is 14.0. The molecule has 0 aliphatic carbocycles. The van der Waals surface area contributed by atoms with E-state index in [-0.39, 0.29) is 35.8 Å². The van der Waals surface area contributed by atoms with Crippen LogP contribution in [0.4, 0.5) is 5.69 Å². The Hall–Kier alpha value is -2.09. The van der Waals surface area contributed by atoms with Crippen LogP contribution in [0.5, 0.6) is 0 Å². The summed E-state index contributed by atoms with van der Waals surface area (Å²) in [5.74, 6) is 0.777. The van der Waals surface area contributed by atoms with Gasteiger partial charge in [0.1, 0.15) is 0 Å². The second-order valence-electron chi connectivity index (χ2n) is 6.43. The van der Waals surface area contributed by atoms with Crippen molar-refractivity contribution in [2.75, 3.05) is 18.9 Å². The third kappa shape index (κ3) is 8.43. The molecule has 27 heavy (non-hydrogen) atoms. The van der Waals surface area contributed by atoms with Crippen molar-refractivity contribution < 1.29 is 4.79 Å². The van der Waals surface area contributed by atoms with Crippen LogP contribution in [-0.2, 0) is 17.8 Å². The van der Waals surface area contributed by atoms with Crippen molar-refractivity contribution in [1.82, 2.24) is 10.6 Å². The minimum Gasteiger partial charge on any atom is -0.356 e. The average molecular weight is 480 g/mol. The summed E-state index contributed by atoms with van der Waals surface area (Å²) in [4.78, 5) is 16.0. The second-order valence-corrected chi connectivity index (χ2v) is 6.43. The highest BCUT2D eigenvalue weighted by Crippen LogP contribution is 2.11. The number of nitrogens with zero attached hydrogens (tertiary/aromatic N) is 1. The zero-order valence-corrected chi connectivity index (χ0v) is 18.5. The van der Waals surface area contributed by atoms with Gasteiger partial charge in [0.25, 0.3) is 0 Å². The SMILES string of the molecule is CN=C(NCCc1ccccc1)NCc1ccc(NC(=O)C(C)C)cc1.I. The van der Waals surface area contributed by atoms with Crippen molar-refractivity contribution in [3.63, 3.8) is 0 Å². The Morgan fingerprint density at radius 2 is 1.63 bits per heavy atom. The maximum Gasteiger partial charge on any atom is 0.226 e. The molecule has 3 N–H and O–H groups in total. The van der Waals surface area contributed by atoms with E-state index in [4.69, 9.17) is 0 Å². The third-order valence-electron chi connectivity index (χ3n) is 3.98. The molecule has 6 heteroatoms. The average Bonchev–Trinajstić information content (AvgIpc) is 2.66. The molecule has 5 nitrogen and oxygen atoms in total. The number of carbonyl (C=O) groups excluding carboxylic acids is 1. The van der Waals surface area contributed by atoms with E-state index < -0.39 is 0 Å². The molecule has 2 aromatic rings. The number of rotatable bonds is 7. The summed E-state index contributed by atoms with van der Waals surface area (Å²) in [6.45, 7) is 5.25. The molecular weight excluding hydrogens is 451 g/mol. The molecule has 0 saturated heterocycles. The number of nitrogens with one attached hydrogen (secondary N) is 3. The van der Waals surface area contributed by atoms with Gasteiger partial charge < -0.3 is 16.0 Å². The van der Waals surface area contributed by atoms with Gasteiger partial charge in [-0.05, 0) is 29.7 Å². The molecule has 2 aromatic carbocycles. The highest BCUT2D eigenvalue weighted by Gasteiger charge is 2.06. The molecule has 0 unspecified atom stereocenters.